The minimum Gasteiger partial charge on any atom is -0.385 e. The third-order valence-corrected chi connectivity index (χ3v) is 8.12. The van der Waals surface area contributed by atoms with Gasteiger partial charge in [0.05, 0.1) is 6.10 Å². The van der Waals surface area contributed by atoms with Crippen molar-refractivity contribution in [1.29, 1.82) is 0 Å². The van der Waals surface area contributed by atoms with Crippen LogP contribution in [0, 0.1) is 23.5 Å². The second-order valence-corrected chi connectivity index (χ2v) is 10.9. The van der Waals surface area contributed by atoms with Crippen molar-refractivity contribution >= 4 is 11.4 Å². The van der Waals surface area contributed by atoms with Crippen LogP contribution in [-0.2, 0) is 9.47 Å². The second kappa shape index (κ2) is 13.6. The fraction of sp³-hybridized carbons (Fsp3) is 0.655. The average molecular weight is 534 g/mol. The first-order valence-corrected chi connectivity index (χ1v) is 14.0. The smallest absolute Gasteiger partial charge is 0.253 e. The van der Waals surface area contributed by atoms with Crippen molar-refractivity contribution in [2.24, 2.45) is 17.6 Å². The van der Waals surface area contributed by atoms with Gasteiger partial charge in [0.1, 0.15) is 23.0 Å². The normalized spacial score (nSPS) is 20.5. The van der Waals surface area contributed by atoms with Crippen LogP contribution in [0.4, 0.5) is 20.2 Å². The number of halogens is 2. The van der Waals surface area contributed by atoms with Gasteiger partial charge >= 0.3 is 0 Å². The van der Waals surface area contributed by atoms with Gasteiger partial charge in [-0.1, -0.05) is 38.2 Å². The molecule has 9 heteroatoms. The van der Waals surface area contributed by atoms with Crippen molar-refractivity contribution in [1.82, 2.24) is 0 Å². The summed E-state index contributed by atoms with van der Waals surface area (Å²) in [5, 5.41) is 3.31. The first-order chi connectivity index (χ1) is 18.4. The molecule has 0 bridgehead atoms. The predicted molar refractivity (Wildman–Crippen MR) is 145 cm³/mol. The van der Waals surface area contributed by atoms with Crippen LogP contribution in [0.3, 0.4) is 0 Å². The number of hydrogen-bond acceptors (Lipinski definition) is 7. The van der Waals surface area contributed by atoms with Crippen LogP contribution in [0.5, 0.6) is 0 Å². The quantitative estimate of drug-likeness (QED) is 0.293. The van der Waals surface area contributed by atoms with E-state index in [1.165, 1.54) is 44.2 Å². The molecule has 2 aromatic rings. The fourth-order valence-corrected chi connectivity index (χ4v) is 6.14. The van der Waals surface area contributed by atoms with E-state index in [0.29, 0.717) is 62.1 Å². The van der Waals surface area contributed by atoms with Crippen molar-refractivity contribution < 1.29 is 18.3 Å². The number of nitrogens with zero attached hydrogens (tertiary/aromatic N) is 1. The van der Waals surface area contributed by atoms with Gasteiger partial charge in [-0.25, -0.2) is 8.78 Å². The zero-order valence-electron chi connectivity index (χ0n) is 22.4. The molecule has 1 heterocycles. The van der Waals surface area contributed by atoms with Crippen LogP contribution < -0.4 is 26.8 Å². The lowest BCUT2D eigenvalue weighted by molar-refractivity contribution is -0.00438. The van der Waals surface area contributed by atoms with Gasteiger partial charge in [0.25, 0.3) is 10.9 Å². The monoisotopic (exact) mass is 533 g/mol. The number of anilines is 2. The summed E-state index contributed by atoms with van der Waals surface area (Å²) < 4.78 is 39.7. The van der Waals surface area contributed by atoms with Gasteiger partial charge in [-0.05, 0) is 37.7 Å². The zero-order chi connectivity index (χ0) is 27.1. The van der Waals surface area contributed by atoms with E-state index in [4.69, 9.17) is 15.2 Å². The molecule has 0 aromatic heterocycles. The Morgan fingerprint density at radius 3 is 2.58 bits per heavy atom. The lowest BCUT2D eigenvalue weighted by atomic mass is 9.84. The van der Waals surface area contributed by atoms with Gasteiger partial charge in [0.15, 0.2) is 0 Å². The van der Waals surface area contributed by atoms with E-state index in [0.717, 1.165) is 25.3 Å². The lowest BCUT2D eigenvalue weighted by Crippen LogP contribution is -2.49. The molecular weight excluding hydrogens is 492 g/mol. The Labute approximate surface area is 223 Å². The first-order valence-electron chi connectivity index (χ1n) is 14.0. The average Bonchev–Trinajstić information content (AvgIpc) is 2.93. The van der Waals surface area contributed by atoms with Crippen molar-refractivity contribution in [2.45, 2.75) is 69.9 Å². The number of nitrogens with two attached hydrogens (primary N) is 1. The molecule has 0 amide bonds. The summed E-state index contributed by atoms with van der Waals surface area (Å²) in [5.74, 6) is -0.850. The standard InChI is InChI=1S/C29H41F2N3O4/c1-37-13-6-14-38-29(23-11-10-21(30)16-24(23)31)20-9-5-12-34(18-20)26-25(27(35)28(26)36)33-22(17-32)15-19-7-3-2-4-8-19/h10-11,16,19-20,22,29,33H,2-9,12-15,17-18,32H2,1H3/t20?,22?,29-/m1/s1. The fourth-order valence-electron chi connectivity index (χ4n) is 6.14. The number of rotatable bonds is 13. The zero-order valence-corrected chi connectivity index (χ0v) is 22.4. The summed E-state index contributed by atoms with van der Waals surface area (Å²) in [6, 6.07) is 3.49. The number of hydrogen-bond donors (Lipinski definition) is 2. The van der Waals surface area contributed by atoms with Crippen molar-refractivity contribution in [3.8, 4) is 0 Å². The lowest BCUT2D eigenvalue weighted by Gasteiger charge is -2.39. The maximum atomic E-state index is 14.8. The third-order valence-electron chi connectivity index (χ3n) is 8.12. The van der Waals surface area contributed by atoms with E-state index in [-0.39, 0.29) is 12.0 Å². The van der Waals surface area contributed by atoms with Crippen molar-refractivity contribution in [3.05, 3.63) is 55.8 Å². The maximum Gasteiger partial charge on any atom is 0.253 e. The number of nitrogens with one attached hydrogen (secondary N) is 1. The van der Waals surface area contributed by atoms with Gasteiger partial charge in [-0.3, -0.25) is 9.59 Å². The Kier molecular flexibility index (Phi) is 10.3. The molecule has 0 radical (unpaired) electrons. The maximum absolute atomic E-state index is 14.8. The molecule has 1 saturated heterocycles. The molecule has 2 aliphatic rings. The highest BCUT2D eigenvalue weighted by Crippen LogP contribution is 2.37. The van der Waals surface area contributed by atoms with E-state index in [2.05, 4.69) is 5.32 Å². The Hall–Kier alpha value is -2.36. The van der Waals surface area contributed by atoms with Crippen LogP contribution in [-0.4, -0.2) is 46.0 Å². The largest absolute Gasteiger partial charge is 0.385 e. The molecule has 210 valence electrons. The summed E-state index contributed by atoms with van der Waals surface area (Å²) in [7, 11) is 1.61. The first kappa shape index (κ1) is 28.6. The molecule has 7 nitrogen and oxygen atoms in total. The summed E-state index contributed by atoms with van der Waals surface area (Å²) >= 11 is 0. The van der Waals surface area contributed by atoms with E-state index < -0.39 is 28.6 Å². The molecule has 2 aromatic carbocycles. The highest BCUT2D eigenvalue weighted by Gasteiger charge is 2.35. The van der Waals surface area contributed by atoms with Crippen LogP contribution in [0.25, 0.3) is 0 Å². The molecule has 1 aliphatic heterocycles. The molecule has 3 atom stereocenters. The van der Waals surface area contributed by atoms with Gasteiger partial charge < -0.3 is 25.4 Å². The van der Waals surface area contributed by atoms with Gasteiger partial charge in [-0.2, -0.15) is 0 Å². The van der Waals surface area contributed by atoms with Crippen molar-refractivity contribution in [3.63, 3.8) is 0 Å². The summed E-state index contributed by atoms with van der Waals surface area (Å²) in [4.78, 5) is 27.3. The van der Waals surface area contributed by atoms with Gasteiger partial charge in [0, 0.05) is 63.5 Å². The van der Waals surface area contributed by atoms with Crippen molar-refractivity contribution in [2.75, 3.05) is 50.2 Å². The number of benzene rings is 1. The second-order valence-electron chi connectivity index (χ2n) is 10.9. The van der Waals surface area contributed by atoms with Crippen LogP contribution in [0.1, 0.15) is 69.5 Å². The van der Waals surface area contributed by atoms with Gasteiger partial charge in [0.2, 0.25) is 0 Å². The minimum absolute atomic E-state index is 0.0640. The molecule has 1 aliphatic carbocycles. The van der Waals surface area contributed by atoms with Crippen LogP contribution >= 0.6 is 0 Å². The highest BCUT2D eigenvalue weighted by atomic mass is 19.1. The molecular formula is C29H41F2N3O4. The molecule has 3 N–H and O–H groups in total. The Morgan fingerprint density at radius 2 is 1.87 bits per heavy atom. The molecule has 4 rings (SSSR count). The van der Waals surface area contributed by atoms with E-state index in [1.54, 1.807) is 7.11 Å². The highest BCUT2D eigenvalue weighted by molar-refractivity contribution is 5.75. The van der Waals surface area contributed by atoms with E-state index in [9.17, 15) is 18.4 Å². The Morgan fingerprint density at radius 1 is 1.08 bits per heavy atom. The summed E-state index contributed by atoms with van der Waals surface area (Å²) in [6.45, 7) is 2.31. The van der Waals surface area contributed by atoms with Crippen LogP contribution in [0.2, 0.25) is 0 Å². The predicted octanol–water partition coefficient (Wildman–Crippen LogP) is 4.28. The van der Waals surface area contributed by atoms with Crippen LogP contribution in [0.15, 0.2) is 27.8 Å². The van der Waals surface area contributed by atoms with Gasteiger partial charge in [-0.15, -0.1) is 0 Å². The molecule has 1 saturated carbocycles. The number of ether oxygens (including phenoxy) is 2. The Balaban J connectivity index is 1.50. The Bertz CT molecular complexity index is 1110. The molecule has 0 spiro atoms. The topological polar surface area (TPSA) is 93.9 Å². The van der Waals surface area contributed by atoms with E-state index >= 15 is 0 Å². The molecule has 2 unspecified atom stereocenters. The minimum atomic E-state index is -0.649. The molecule has 2 fully saturated rings. The number of methoxy groups -OCH3 is 1. The summed E-state index contributed by atoms with van der Waals surface area (Å²) in [6.07, 6.45) is 8.51. The molecule has 38 heavy (non-hydrogen) atoms. The number of piperidine rings is 1. The van der Waals surface area contributed by atoms with E-state index in [1.807, 2.05) is 4.90 Å². The SMILES string of the molecule is COCCCO[C@@H](c1ccc(F)cc1F)C1CCCN(c2c(NC(CN)CC3CCCCC3)c(=O)c2=O)C1. The summed E-state index contributed by atoms with van der Waals surface area (Å²) in [5.41, 5.74) is 6.12. The third kappa shape index (κ3) is 6.79.